The average Bonchev–Trinajstić information content (AvgIpc) is 3.34. The molecule has 2 heterocycles. The molecule has 3 aromatic rings. The van der Waals surface area contributed by atoms with Crippen LogP contribution in [0.5, 0.6) is 0 Å². The summed E-state index contributed by atoms with van der Waals surface area (Å²) in [7, 11) is 0. The van der Waals surface area contributed by atoms with Gasteiger partial charge in [-0.3, -0.25) is 4.79 Å². The van der Waals surface area contributed by atoms with Gasteiger partial charge in [-0.1, -0.05) is 11.6 Å². The fraction of sp³-hybridized carbons (Fsp3) is 0.263. The fourth-order valence-corrected chi connectivity index (χ4v) is 3.38. The lowest BCUT2D eigenvalue weighted by atomic mass is 10.2. The topological polar surface area (TPSA) is 72.1 Å². The highest BCUT2D eigenvalue weighted by atomic mass is 35.5. The number of aliphatic hydroxyl groups is 1. The molecule has 0 saturated heterocycles. The Morgan fingerprint density at radius 3 is 2.63 bits per heavy atom. The molecule has 0 radical (unpaired) electrons. The molecule has 0 saturated carbocycles. The lowest BCUT2D eigenvalue weighted by molar-refractivity contribution is 0.0915. The molecule has 0 spiro atoms. The van der Waals surface area contributed by atoms with E-state index in [4.69, 9.17) is 11.6 Å². The van der Waals surface area contributed by atoms with Crippen molar-refractivity contribution >= 4 is 29.3 Å². The zero-order valence-corrected chi connectivity index (χ0v) is 16.5. The van der Waals surface area contributed by atoms with Gasteiger partial charge in [0.05, 0.1) is 24.5 Å². The predicted molar refractivity (Wildman–Crippen MR) is 109 cm³/mol. The van der Waals surface area contributed by atoms with Gasteiger partial charge in [0.2, 0.25) is 0 Å². The summed E-state index contributed by atoms with van der Waals surface area (Å²) < 4.78 is 3.54. The second-order valence-electron chi connectivity index (χ2n) is 5.99. The third-order valence-electron chi connectivity index (χ3n) is 4.13. The van der Waals surface area contributed by atoms with Crippen molar-refractivity contribution in [3.8, 4) is 11.5 Å². The molecule has 6 nitrogen and oxygen atoms in total. The maximum atomic E-state index is 12.9. The molecule has 3 rings (SSSR count). The van der Waals surface area contributed by atoms with E-state index in [-0.39, 0.29) is 18.6 Å². The van der Waals surface area contributed by atoms with Gasteiger partial charge in [-0.25, -0.2) is 4.68 Å². The van der Waals surface area contributed by atoms with E-state index in [0.29, 0.717) is 22.8 Å². The number of carbonyl (C=O) groups is 1. The standard InChI is InChI=1S/C19H21ClN4O2S/c1-27-11-8-15(13-25)22-18(26)17-12-21-24(16-6-4-14(20)5-7-16)19(17)23-9-2-3-10-23/h2-7,9-10,12,15,25H,8,11,13H2,1H3,(H,22,26)/t15-/m1/s1. The number of amides is 1. The van der Waals surface area contributed by atoms with Crippen molar-refractivity contribution in [1.29, 1.82) is 0 Å². The number of hydrogen-bond acceptors (Lipinski definition) is 4. The van der Waals surface area contributed by atoms with Crippen LogP contribution in [0.4, 0.5) is 0 Å². The maximum Gasteiger partial charge on any atom is 0.257 e. The van der Waals surface area contributed by atoms with E-state index in [1.54, 1.807) is 34.8 Å². The van der Waals surface area contributed by atoms with Crippen molar-refractivity contribution in [1.82, 2.24) is 19.7 Å². The summed E-state index contributed by atoms with van der Waals surface area (Å²) >= 11 is 7.66. The molecule has 1 aromatic carbocycles. The molecule has 142 valence electrons. The molecule has 1 atom stereocenters. The minimum absolute atomic E-state index is 0.101. The quantitative estimate of drug-likeness (QED) is 0.605. The van der Waals surface area contributed by atoms with E-state index in [1.807, 2.05) is 47.5 Å². The first-order chi connectivity index (χ1) is 13.1. The van der Waals surface area contributed by atoms with Crippen LogP contribution in [0.15, 0.2) is 55.0 Å². The first-order valence-electron chi connectivity index (χ1n) is 8.52. The molecular formula is C19H21ClN4O2S. The molecule has 0 unspecified atom stereocenters. The van der Waals surface area contributed by atoms with Crippen molar-refractivity contribution < 1.29 is 9.90 Å². The van der Waals surface area contributed by atoms with E-state index in [9.17, 15) is 9.90 Å². The van der Waals surface area contributed by atoms with E-state index < -0.39 is 0 Å². The van der Waals surface area contributed by atoms with Crippen molar-refractivity contribution in [3.05, 3.63) is 65.6 Å². The van der Waals surface area contributed by atoms with Crippen LogP contribution in [0.2, 0.25) is 5.02 Å². The van der Waals surface area contributed by atoms with E-state index >= 15 is 0 Å². The van der Waals surface area contributed by atoms with Crippen molar-refractivity contribution in [2.45, 2.75) is 12.5 Å². The third-order valence-corrected chi connectivity index (χ3v) is 5.03. The highest BCUT2D eigenvalue weighted by Gasteiger charge is 2.22. The minimum atomic E-state index is -0.290. The van der Waals surface area contributed by atoms with Crippen molar-refractivity contribution in [2.75, 3.05) is 18.6 Å². The maximum absolute atomic E-state index is 12.9. The fourth-order valence-electron chi connectivity index (χ4n) is 2.73. The lowest BCUT2D eigenvalue weighted by Gasteiger charge is -2.16. The highest BCUT2D eigenvalue weighted by Crippen LogP contribution is 2.21. The zero-order valence-electron chi connectivity index (χ0n) is 14.9. The van der Waals surface area contributed by atoms with Crippen molar-refractivity contribution in [2.24, 2.45) is 0 Å². The smallest absolute Gasteiger partial charge is 0.257 e. The average molecular weight is 405 g/mol. The van der Waals surface area contributed by atoms with Gasteiger partial charge in [0, 0.05) is 17.4 Å². The van der Waals surface area contributed by atoms with Gasteiger partial charge < -0.3 is 15.0 Å². The van der Waals surface area contributed by atoms with Crippen LogP contribution in [-0.2, 0) is 0 Å². The number of nitrogens with one attached hydrogen (secondary N) is 1. The Kier molecular flexibility index (Phi) is 6.60. The molecule has 1 amide bonds. The summed E-state index contributed by atoms with van der Waals surface area (Å²) in [5, 5.41) is 17.5. The molecular weight excluding hydrogens is 384 g/mol. The molecule has 27 heavy (non-hydrogen) atoms. The summed E-state index contributed by atoms with van der Waals surface area (Å²) in [6.07, 6.45) is 7.96. The lowest BCUT2D eigenvalue weighted by Crippen LogP contribution is -2.38. The number of halogens is 1. The summed E-state index contributed by atoms with van der Waals surface area (Å²) in [6.45, 7) is -0.101. The van der Waals surface area contributed by atoms with Crippen LogP contribution in [-0.4, -0.2) is 50.0 Å². The monoisotopic (exact) mass is 404 g/mol. The van der Waals surface area contributed by atoms with Gasteiger partial charge in [0.25, 0.3) is 5.91 Å². The van der Waals surface area contributed by atoms with E-state index in [0.717, 1.165) is 11.4 Å². The minimum Gasteiger partial charge on any atom is -0.394 e. The second kappa shape index (κ2) is 9.12. The zero-order chi connectivity index (χ0) is 19.2. The molecule has 0 aliphatic carbocycles. The number of benzene rings is 1. The molecule has 0 bridgehead atoms. The normalized spacial score (nSPS) is 12.1. The van der Waals surface area contributed by atoms with Gasteiger partial charge in [0.15, 0.2) is 5.82 Å². The third kappa shape index (κ3) is 4.55. The Labute approximate surface area is 167 Å². The number of hydrogen-bond donors (Lipinski definition) is 2. The van der Waals surface area contributed by atoms with Crippen LogP contribution >= 0.6 is 23.4 Å². The first-order valence-corrected chi connectivity index (χ1v) is 10.3. The van der Waals surface area contributed by atoms with Crippen LogP contribution in [0.1, 0.15) is 16.8 Å². The van der Waals surface area contributed by atoms with E-state index in [2.05, 4.69) is 10.4 Å². The molecule has 2 N–H and O–H groups in total. The SMILES string of the molecule is CSCC[C@H](CO)NC(=O)c1cnn(-c2ccc(Cl)cc2)c1-n1cccc1. The molecule has 0 fully saturated rings. The van der Waals surface area contributed by atoms with Crippen LogP contribution in [0.25, 0.3) is 11.5 Å². The molecule has 0 aliphatic rings. The Hall–Kier alpha value is -2.22. The summed E-state index contributed by atoms with van der Waals surface area (Å²) in [4.78, 5) is 12.9. The summed E-state index contributed by atoms with van der Waals surface area (Å²) in [5.74, 6) is 1.22. The summed E-state index contributed by atoms with van der Waals surface area (Å²) in [5.41, 5.74) is 1.23. The van der Waals surface area contributed by atoms with Gasteiger partial charge in [-0.05, 0) is 54.8 Å². The number of nitrogens with zero attached hydrogens (tertiary/aromatic N) is 3. The van der Waals surface area contributed by atoms with Gasteiger partial charge >= 0.3 is 0 Å². The van der Waals surface area contributed by atoms with Gasteiger partial charge in [-0.2, -0.15) is 16.9 Å². The second-order valence-corrected chi connectivity index (χ2v) is 7.42. The Morgan fingerprint density at radius 1 is 1.30 bits per heavy atom. The first kappa shape index (κ1) is 19.5. The number of aliphatic hydroxyl groups excluding tert-OH is 1. The van der Waals surface area contributed by atoms with Gasteiger partial charge in [-0.15, -0.1) is 0 Å². The Morgan fingerprint density at radius 2 is 2.00 bits per heavy atom. The van der Waals surface area contributed by atoms with Crippen LogP contribution < -0.4 is 5.32 Å². The molecule has 8 heteroatoms. The number of rotatable bonds is 8. The predicted octanol–water partition coefficient (Wildman–Crippen LogP) is 3.16. The Balaban J connectivity index is 1.96. The van der Waals surface area contributed by atoms with Crippen LogP contribution in [0.3, 0.4) is 0 Å². The summed E-state index contributed by atoms with van der Waals surface area (Å²) in [6, 6.07) is 10.7. The number of thioether (sulfide) groups is 1. The van der Waals surface area contributed by atoms with E-state index in [1.165, 1.54) is 0 Å². The van der Waals surface area contributed by atoms with Crippen LogP contribution in [0, 0.1) is 0 Å². The Bertz CT molecular complexity index is 878. The highest BCUT2D eigenvalue weighted by molar-refractivity contribution is 7.98. The molecule has 2 aromatic heterocycles. The molecule has 0 aliphatic heterocycles. The number of carbonyl (C=O) groups excluding carboxylic acids is 1. The number of aromatic nitrogens is 3. The van der Waals surface area contributed by atoms with Crippen molar-refractivity contribution in [3.63, 3.8) is 0 Å². The largest absolute Gasteiger partial charge is 0.394 e. The van der Waals surface area contributed by atoms with Gasteiger partial charge in [0.1, 0.15) is 5.56 Å².